The molecule has 2 aromatic carbocycles. The van der Waals surface area contributed by atoms with Gasteiger partial charge >= 0.3 is 30.9 Å². The zero-order chi connectivity index (χ0) is 30.9. The minimum absolute atomic E-state index is 0.0171. The molecule has 0 aromatic heterocycles. The lowest BCUT2D eigenvalue weighted by Gasteiger charge is -2.34. The van der Waals surface area contributed by atoms with E-state index >= 15 is 0 Å². The molecule has 5 amide bonds. The standard InChI is InChI=1S/C24H24BClFN5O10/c26-16-11(2-4-13(33)18(16)34)17(30-24(40)32-8-7-31(6-5-28)21(36)22(32)37)20(35)29-14-9-10-1-3-12(27)15(23(38)39)19(10)42-25(14)41/h1-4,14,17,33-34,41H,5-9,28H2,(H,29,35)(H,30,40)(H,38,39)/t14-,17+/m0/s1. The predicted molar refractivity (Wildman–Crippen MR) is 141 cm³/mol. The van der Waals surface area contributed by atoms with E-state index < -0.39 is 82.5 Å². The van der Waals surface area contributed by atoms with E-state index in [-0.39, 0.29) is 43.7 Å². The number of phenols is 2. The normalized spacial score (nSPS) is 17.3. The summed E-state index contributed by atoms with van der Waals surface area (Å²) in [5.74, 6) is -9.09. The molecule has 2 aromatic rings. The van der Waals surface area contributed by atoms with Gasteiger partial charge in [0.05, 0.1) is 11.0 Å². The summed E-state index contributed by atoms with van der Waals surface area (Å²) in [7, 11) is -1.86. The number of hydrogen-bond acceptors (Lipinski definition) is 10. The number of aromatic carboxylic acids is 1. The molecule has 4 rings (SSSR count). The average Bonchev–Trinajstić information content (AvgIpc) is 2.93. The summed E-state index contributed by atoms with van der Waals surface area (Å²) in [6.07, 6.45) is -0.228. The summed E-state index contributed by atoms with van der Waals surface area (Å²) < 4.78 is 19.3. The van der Waals surface area contributed by atoms with Gasteiger partial charge in [-0.15, -0.1) is 0 Å². The third kappa shape index (κ3) is 5.74. The third-order valence-electron chi connectivity index (χ3n) is 6.67. The fourth-order valence-corrected chi connectivity index (χ4v) is 4.81. The molecule has 222 valence electrons. The van der Waals surface area contributed by atoms with Gasteiger partial charge in [-0.1, -0.05) is 23.7 Å². The summed E-state index contributed by atoms with van der Waals surface area (Å²) >= 11 is 6.15. The van der Waals surface area contributed by atoms with Gasteiger partial charge in [-0.3, -0.25) is 19.3 Å². The lowest BCUT2D eigenvalue weighted by molar-refractivity contribution is -0.153. The highest BCUT2D eigenvalue weighted by Gasteiger charge is 2.42. The Bertz CT molecular complexity index is 1480. The second kappa shape index (κ2) is 12.1. The van der Waals surface area contributed by atoms with Crippen molar-refractivity contribution in [3.8, 4) is 17.2 Å². The van der Waals surface area contributed by atoms with Gasteiger partial charge in [0.1, 0.15) is 23.2 Å². The van der Waals surface area contributed by atoms with Crippen LogP contribution in [0.1, 0.15) is 27.5 Å². The minimum atomic E-state index is -1.86. The van der Waals surface area contributed by atoms with Crippen LogP contribution in [0.2, 0.25) is 5.02 Å². The Morgan fingerprint density at radius 3 is 2.55 bits per heavy atom. The number of phenolic OH excluding ortho intramolecular Hbond substituents is 2. The Balaban J connectivity index is 1.61. The van der Waals surface area contributed by atoms with E-state index in [0.29, 0.717) is 4.90 Å². The van der Waals surface area contributed by atoms with Crippen molar-refractivity contribution < 1.29 is 53.4 Å². The van der Waals surface area contributed by atoms with E-state index in [0.717, 1.165) is 23.1 Å². The first kappa shape index (κ1) is 30.4. The van der Waals surface area contributed by atoms with Gasteiger partial charge in [0.25, 0.3) is 0 Å². The molecular formula is C24H24BClFN5O10. The average molecular weight is 608 g/mol. The van der Waals surface area contributed by atoms with E-state index in [4.69, 9.17) is 22.0 Å². The highest BCUT2D eigenvalue weighted by Crippen LogP contribution is 2.38. The number of piperazine rings is 1. The summed E-state index contributed by atoms with van der Waals surface area (Å²) in [5.41, 5.74) is 4.54. The van der Waals surface area contributed by atoms with Gasteiger partial charge in [0, 0.05) is 31.7 Å². The molecule has 0 bridgehead atoms. The third-order valence-corrected chi connectivity index (χ3v) is 7.07. The topological polar surface area (TPSA) is 232 Å². The second-order valence-electron chi connectivity index (χ2n) is 9.30. The first-order chi connectivity index (χ1) is 19.8. The number of carboxylic acids is 1. The fourth-order valence-electron chi connectivity index (χ4n) is 4.54. The number of aromatic hydroxyl groups is 2. The SMILES string of the molecule is NCCN1CCN(C(=O)N[C@@H](C(=O)N[C@H]2Cc3ccc(F)c(C(=O)O)c3OB2O)c2ccc(O)c(O)c2Cl)C(=O)C1=O. The first-order valence-electron chi connectivity index (χ1n) is 12.4. The van der Waals surface area contributed by atoms with Crippen molar-refractivity contribution in [1.82, 2.24) is 20.4 Å². The Labute approximate surface area is 241 Å². The molecule has 0 radical (unpaired) electrons. The van der Waals surface area contributed by atoms with Crippen molar-refractivity contribution in [3.05, 3.63) is 51.8 Å². The van der Waals surface area contributed by atoms with Crippen LogP contribution in [0.5, 0.6) is 17.2 Å². The number of fused-ring (bicyclic) bond motifs is 1. The van der Waals surface area contributed by atoms with E-state index in [2.05, 4.69) is 10.6 Å². The van der Waals surface area contributed by atoms with Crippen molar-refractivity contribution in [3.63, 3.8) is 0 Å². The van der Waals surface area contributed by atoms with Gasteiger partial charge < -0.3 is 46.3 Å². The van der Waals surface area contributed by atoms with Gasteiger partial charge in [-0.25, -0.2) is 14.0 Å². The molecule has 15 nitrogen and oxygen atoms in total. The molecule has 0 spiro atoms. The number of imide groups is 1. The highest BCUT2D eigenvalue weighted by molar-refractivity contribution is 6.47. The molecule has 42 heavy (non-hydrogen) atoms. The van der Waals surface area contributed by atoms with E-state index in [9.17, 15) is 48.7 Å². The second-order valence-corrected chi connectivity index (χ2v) is 9.68. The molecule has 1 saturated heterocycles. The number of amides is 5. The van der Waals surface area contributed by atoms with Crippen LogP contribution in [0.25, 0.3) is 0 Å². The number of rotatable bonds is 7. The van der Waals surface area contributed by atoms with Crippen molar-refractivity contribution in [2.75, 3.05) is 26.2 Å². The molecule has 18 heteroatoms. The van der Waals surface area contributed by atoms with Gasteiger partial charge in [0.15, 0.2) is 11.5 Å². The monoisotopic (exact) mass is 607 g/mol. The molecule has 0 aliphatic carbocycles. The smallest absolute Gasteiger partial charge is 0.534 e. The number of carboxylic acid groups (broad SMARTS) is 1. The number of nitrogens with two attached hydrogens (primary N) is 1. The van der Waals surface area contributed by atoms with E-state index in [1.165, 1.54) is 6.07 Å². The van der Waals surface area contributed by atoms with Crippen molar-refractivity contribution in [2.45, 2.75) is 18.4 Å². The number of carbonyl (C=O) groups is 5. The molecule has 0 unspecified atom stereocenters. The fraction of sp³-hybridized carbons (Fsp3) is 0.292. The zero-order valence-corrected chi connectivity index (χ0v) is 22.3. The van der Waals surface area contributed by atoms with Crippen LogP contribution < -0.4 is 21.0 Å². The van der Waals surface area contributed by atoms with Gasteiger partial charge in [-0.2, -0.15) is 0 Å². The predicted octanol–water partition coefficient (Wildman–Crippen LogP) is -0.892. The lowest BCUT2D eigenvalue weighted by Crippen LogP contribution is -2.60. The number of carbonyl (C=O) groups excluding carboxylic acids is 4. The molecule has 2 heterocycles. The summed E-state index contributed by atoms with van der Waals surface area (Å²) in [6.45, 7) is -0.0719. The van der Waals surface area contributed by atoms with Crippen LogP contribution in [-0.4, -0.2) is 99.1 Å². The number of halogens is 2. The van der Waals surface area contributed by atoms with E-state index in [1.54, 1.807) is 0 Å². The largest absolute Gasteiger partial charge is 0.547 e. The molecule has 2 aliphatic rings. The van der Waals surface area contributed by atoms with Crippen LogP contribution in [-0.2, 0) is 20.8 Å². The Morgan fingerprint density at radius 1 is 1.17 bits per heavy atom. The molecule has 2 atom stereocenters. The molecule has 1 fully saturated rings. The van der Waals surface area contributed by atoms with E-state index in [1.807, 2.05) is 0 Å². The van der Waals surface area contributed by atoms with Crippen LogP contribution in [0.15, 0.2) is 24.3 Å². The zero-order valence-electron chi connectivity index (χ0n) is 21.5. The highest BCUT2D eigenvalue weighted by atomic mass is 35.5. The van der Waals surface area contributed by atoms with Crippen molar-refractivity contribution >= 4 is 48.4 Å². The number of benzene rings is 2. The maximum absolute atomic E-state index is 14.1. The molecular weight excluding hydrogens is 584 g/mol. The maximum Gasteiger partial charge on any atom is 0.547 e. The van der Waals surface area contributed by atoms with Gasteiger partial charge in [-0.05, 0) is 24.1 Å². The van der Waals surface area contributed by atoms with Gasteiger partial charge in [0.2, 0.25) is 5.91 Å². The van der Waals surface area contributed by atoms with Crippen LogP contribution in [0.4, 0.5) is 9.18 Å². The molecule has 2 aliphatic heterocycles. The lowest BCUT2D eigenvalue weighted by atomic mass is 9.72. The quantitative estimate of drug-likeness (QED) is 0.116. The maximum atomic E-state index is 14.1. The van der Waals surface area contributed by atoms with Crippen LogP contribution >= 0.6 is 11.6 Å². The Hall–Kier alpha value is -4.61. The number of nitrogens with one attached hydrogen (secondary N) is 2. The van der Waals surface area contributed by atoms with Crippen molar-refractivity contribution in [2.24, 2.45) is 5.73 Å². The Kier molecular flexibility index (Phi) is 8.74. The minimum Gasteiger partial charge on any atom is -0.534 e. The number of hydrogen-bond donors (Lipinski definition) is 7. The Morgan fingerprint density at radius 2 is 1.88 bits per heavy atom. The number of urea groups is 1. The summed E-state index contributed by atoms with van der Waals surface area (Å²) in [6, 6.07) is 1.26. The number of nitrogens with zero attached hydrogens (tertiary/aromatic N) is 2. The summed E-state index contributed by atoms with van der Waals surface area (Å²) in [4.78, 5) is 64.8. The molecule has 0 saturated carbocycles. The first-order valence-corrected chi connectivity index (χ1v) is 12.7. The molecule has 8 N–H and O–H groups in total. The van der Waals surface area contributed by atoms with Crippen LogP contribution in [0.3, 0.4) is 0 Å². The van der Waals surface area contributed by atoms with Crippen LogP contribution in [0, 0.1) is 5.82 Å². The van der Waals surface area contributed by atoms with Crippen molar-refractivity contribution in [1.29, 1.82) is 0 Å². The summed E-state index contributed by atoms with van der Waals surface area (Å²) in [5, 5.41) is 43.9.